The Bertz CT molecular complexity index is 763. The van der Waals surface area contributed by atoms with Crippen LogP contribution in [-0.4, -0.2) is 73.3 Å². The number of nitrogens with zero attached hydrogens (tertiary/aromatic N) is 2. The number of nitrogens with one attached hydrogen (secondary N) is 1. The van der Waals surface area contributed by atoms with Crippen LogP contribution >= 0.6 is 0 Å². The molecule has 3 aliphatic rings. The Hall–Kier alpha value is -1.35. The van der Waals surface area contributed by atoms with E-state index in [4.69, 9.17) is 4.74 Å². The molecule has 1 N–H and O–H groups in total. The highest BCUT2D eigenvalue weighted by Gasteiger charge is 2.48. The largest absolute Gasteiger partial charge is 0.447 e. The van der Waals surface area contributed by atoms with E-state index in [0.717, 1.165) is 32.1 Å². The van der Waals surface area contributed by atoms with E-state index < -0.39 is 10.0 Å². The third kappa shape index (κ3) is 5.18. The molecule has 3 rings (SSSR count). The van der Waals surface area contributed by atoms with Gasteiger partial charge in [0.25, 0.3) is 0 Å². The van der Waals surface area contributed by atoms with Crippen LogP contribution in [0, 0.1) is 11.8 Å². The van der Waals surface area contributed by atoms with Gasteiger partial charge in [-0.05, 0) is 84.6 Å². The van der Waals surface area contributed by atoms with E-state index in [0.29, 0.717) is 31.2 Å². The lowest BCUT2D eigenvalue weighted by Crippen LogP contribution is -2.67. The van der Waals surface area contributed by atoms with Crippen LogP contribution in [0.4, 0.5) is 4.79 Å². The zero-order valence-corrected chi connectivity index (χ0v) is 20.4. The minimum Gasteiger partial charge on any atom is -0.447 e. The summed E-state index contributed by atoms with van der Waals surface area (Å²) in [5.74, 6) is 0.976. The lowest BCUT2D eigenvalue weighted by Gasteiger charge is -2.54. The van der Waals surface area contributed by atoms with Crippen molar-refractivity contribution < 1.29 is 22.7 Å². The molecule has 8 nitrogen and oxygen atoms in total. The van der Waals surface area contributed by atoms with Crippen LogP contribution in [0.5, 0.6) is 0 Å². The molecule has 2 saturated carbocycles. The van der Waals surface area contributed by atoms with Gasteiger partial charge in [-0.15, -0.1) is 0 Å². The van der Waals surface area contributed by atoms with Gasteiger partial charge < -0.3 is 14.5 Å². The van der Waals surface area contributed by atoms with Gasteiger partial charge in [-0.2, -0.15) is 0 Å². The highest BCUT2D eigenvalue weighted by Crippen LogP contribution is 2.43. The molecule has 0 radical (unpaired) electrons. The quantitative estimate of drug-likeness (QED) is 0.700. The standard InChI is InChI=1S/C22H39N3O5S/c1-14(2)30-22(27)24-13-15(3)25(16(4)26)20-11-8-18(12-21(20)24)17-6-9-19(10-7-17)31(28,29)23-5/h14-15,17-21,23H,6-13H2,1-5H3. The number of sulfonamides is 1. The number of carbonyl (C=O) groups excluding carboxylic acids is 2. The average Bonchev–Trinajstić information content (AvgIpc) is 2.72. The first-order valence-electron chi connectivity index (χ1n) is 11.7. The predicted molar refractivity (Wildman–Crippen MR) is 119 cm³/mol. The van der Waals surface area contributed by atoms with Crippen LogP contribution in [0.3, 0.4) is 0 Å². The van der Waals surface area contributed by atoms with Crippen LogP contribution < -0.4 is 4.72 Å². The molecule has 9 heteroatoms. The van der Waals surface area contributed by atoms with Crippen molar-refractivity contribution >= 4 is 22.0 Å². The Morgan fingerprint density at radius 1 is 1.00 bits per heavy atom. The topological polar surface area (TPSA) is 96.0 Å². The van der Waals surface area contributed by atoms with Gasteiger partial charge in [0.1, 0.15) is 0 Å². The van der Waals surface area contributed by atoms with E-state index in [-0.39, 0.29) is 41.5 Å². The molecule has 2 aliphatic carbocycles. The predicted octanol–water partition coefficient (Wildman–Crippen LogP) is 2.73. The van der Waals surface area contributed by atoms with Crippen molar-refractivity contribution in [2.75, 3.05) is 13.6 Å². The van der Waals surface area contributed by atoms with Gasteiger partial charge >= 0.3 is 6.09 Å². The highest BCUT2D eigenvalue weighted by atomic mass is 32.2. The molecule has 4 unspecified atom stereocenters. The van der Waals surface area contributed by atoms with Crippen LogP contribution in [0.1, 0.15) is 72.6 Å². The molecule has 2 amide bonds. The van der Waals surface area contributed by atoms with E-state index in [9.17, 15) is 18.0 Å². The Labute approximate surface area is 187 Å². The van der Waals surface area contributed by atoms with Crippen LogP contribution in [0.15, 0.2) is 0 Å². The van der Waals surface area contributed by atoms with Crippen LogP contribution in [0.25, 0.3) is 0 Å². The van der Waals surface area contributed by atoms with E-state index in [2.05, 4.69) is 4.72 Å². The second kappa shape index (κ2) is 9.65. The fraction of sp³-hybridized carbons (Fsp3) is 0.909. The van der Waals surface area contributed by atoms with Crippen molar-refractivity contribution in [3.63, 3.8) is 0 Å². The number of amides is 2. The molecular formula is C22H39N3O5S. The number of carbonyl (C=O) groups is 2. The summed E-state index contributed by atoms with van der Waals surface area (Å²) >= 11 is 0. The van der Waals surface area contributed by atoms with E-state index in [1.54, 1.807) is 6.92 Å². The first kappa shape index (κ1) is 24.3. The molecule has 0 aromatic heterocycles. The minimum atomic E-state index is -3.21. The van der Waals surface area contributed by atoms with Gasteiger partial charge in [0.05, 0.1) is 23.4 Å². The molecule has 0 aromatic carbocycles. The molecule has 31 heavy (non-hydrogen) atoms. The minimum absolute atomic E-state index is 0.0261. The molecule has 4 atom stereocenters. The summed E-state index contributed by atoms with van der Waals surface area (Å²) in [4.78, 5) is 29.1. The van der Waals surface area contributed by atoms with Gasteiger partial charge in [-0.1, -0.05) is 0 Å². The first-order valence-corrected chi connectivity index (χ1v) is 13.3. The summed E-state index contributed by atoms with van der Waals surface area (Å²) in [7, 11) is -1.73. The average molecular weight is 458 g/mol. The second-order valence-electron chi connectivity index (χ2n) is 9.85. The van der Waals surface area contributed by atoms with Gasteiger partial charge in [0.15, 0.2) is 0 Å². The maximum absolute atomic E-state index is 12.9. The van der Waals surface area contributed by atoms with Gasteiger partial charge in [-0.25, -0.2) is 17.9 Å². The van der Waals surface area contributed by atoms with Gasteiger partial charge in [0.2, 0.25) is 15.9 Å². The van der Waals surface area contributed by atoms with Crippen molar-refractivity contribution in [3.05, 3.63) is 0 Å². The van der Waals surface area contributed by atoms with Crippen LogP contribution in [-0.2, 0) is 19.6 Å². The Balaban J connectivity index is 1.73. The Morgan fingerprint density at radius 2 is 1.61 bits per heavy atom. The van der Waals surface area contributed by atoms with Gasteiger partial charge in [0, 0.05) is 19.5 Å². The summed E-state index contributed by atoms with van der Waals surface area (Å²) in [6, 6.07) is -0.0423. The molecule has 0 bridgehead atoms. The third-order valence-electron chi connectivity index (χ3n) is 7.56. The monoisotopic (exact) mass is 457 g/mol. The molecule has 178 valence electrons. The van der Waals surface area contributed by atoms with Crippen molar-refractivity contribution in [2.45, 2.75) is 102 Å². The Morgan fingerprint density at radius 3 is 2.16 bits per heavy atom. The maximum atomic E-state index is 12.9. The summed E-state index contributed by atoms with van der Waals surface area (Å²) < 4.78 is 32.3. The Kier molecular flexibility index (Phi) is 7.56. The summed E-state index contributed by atoms with van der Waals surface area (Å²) in [5, 5.41) is -0.300. The molecular weight excluding hydrogens is 418 g/mol. The summed E-state index contributed by atoms with van der Waals surface area (Å²) in [5.41, 5.74) is 0. The van der Waals surface area contributed by atoms with Crippen molar-refractivity contribution in [1.29, 1.82) is 0 Å². The third-order valence-corrected chi connectivity index (χ3v) is 9.48. The number of hydrogen-bond acceptors (Lipinski definition) is 5. The van der Waals surface area contributed by atoms with E-state index in [1.165, 1.54) is 7.05 Å². The SMILES string of the molecule is CNS(=O)(=O)C1CCC(C2CCC3C(C2)N(C(=O)OC(C)C)CC(C)N3C(C)=O)CC1. The number of ether oxygens (including phenoxy) is 1. The maximum Gasteiger partial charge on any atom is 0.410 e. The smallest absolute Gasteiger partial charge is 0.410 e. The molecule has 0 aromatic rings. The first-order chi connectivity index (χ1) is 14.5. The van der Waals surface area contributed by atoms with Crippen LogP contribution in [0.2, 0.25) is 0 Å². The fourth-order valence-corrected chi connectivity index (χ4v) is 7.37. The number of hydrogen-bond donors (Lipinski definition) is 1. The van der Waals surface area contributed by atoms with Crippen molar-refractivity contribution in [1.82, 2.24) is 14.5 Å². The molecule has 1 saturated heterocycles. The second-order valence-corrected chi connectivity index (χ2v) is 12.0. The molecule has 0 spiro atoms. The lowest BCUT2D eigenvalue weighted by molar-refractivity contribution is -0.142. The zero-order valence-electron chi connectivity index (χ0n) is 19.5. The molecule has 1 heterocycles. The number of piperazine rings is 1. The zero-order chi connectivity index (χ0) is 22.9. The highest BCUT2D eigenvalue weighted by molar-refractivity contribution is 7.90. The molecule has 3 fully saturated rings. The fourth-order valence-electron chi connectivity index (χ4n) is 6.14. The van der Waals surface area contributed by atoms with Crippen molar-refractivity contribution in [3.8, 4) is 0 Å². The number of fused-ring (bicyclic) bond motifs is 1. The summed E-state index contributed by atoms with van der Waals surface area (Å²) in [6.45, 7) is 7.82. The number of rotatable bonds is 4. The van der Waals surface area contributed by atoms with Crippen molar-refractivity contribution in [2.24, 2.45) is 11.8 Å². The molecule has 1 aliphatic heterocycles. The summed E-state index contributed by atoms with van der Waals surface area (Å²) in [6.07, 6.45) is 5.44. The van der Waals surface area contributed by atoms with E-state index >= 15 is 0 Å². The van der Waals surface area contributed by atoms with E-state index in [1.807, 2.05) is 30.6 Å². The normalized spacial score (nSPS) is 34.4. The van der Waals surface area contributed by atoms with Gasteiger partial charge in [-0.3, -0.25) is 4.79 Å². The lowest BCUT2D eigenvalue weighted by atomic mass is 9.69.